The summed E-state index contributed by atoms with van der Waals surface area (Å²) < 4.78 is 0. The summed E-state index contributed by atoms with van der Waals surface area (Å²) in [6, 6.07) is 0. The van der Waals surface area contributed by atoms with Crippen molar-refractivity contribution in [1.82, 2.24) is 0 Å². The maximum absolute atomic E-state index is 8.86. The lowest BCUT2D eigenvalue weighted by Gasteiger charge is -2.21. The lowest BCUT2D eigenvalue weighted by molar-refractivity contribution is 0.265. The van der Waals surface area contributed by atoms with E-state index >= 15 is 0 Å². The standard InChI is InChI=1S/C14H28O/c1-3-13-9-7-12(6-5-11-15)8-10-14(13)4-2/h12-15H,3-11H2,1-2H3/t12?,13-,14?/m1/s1. The Hall–Kier alpha value is -0.0400. The van der Waals surface area contributed by atoms with E-state index < -0.39 is 0 Å². The van der Waals surface area contributed by atoms with E-state index in [0.717, 1.165) is 24.2 Å². The van der Waals surface area contributed by atoms with Crippen LogP contribution < -0.4 is 0 Å². The molecule has 1 aliphatic carbocycles. The highest BCUT2D eigenvalue weighted by Gasteiger charge is 2.24. The molecule has 0 heterocycles. The van der Waals surface area contributed by atoms with E-state index in [2.05, 4.69) is 13.8 Å². The van der Waals surface area contributed by atoms with Crippen molar-refractivity contribution in [2.45, 2.75) is 65.2 Å². The van der Waals surface area contributed by atoms with Crippen LogP contribution >= 0.6 is 0 Å². The smallest absolute Gasteiger partial charge is 0.0431 e. The van der Waals surface area contributed by atoms with Crippen molar-refractivity contribution in [3.05, 3.63) is 0 Å². The molecule has 0 spiro atoms. The molecule has 0 saturated heterocycles. The van der Waals surface area contributed by atoms with Gasteiger partial charge in [0.1, 0.15) is 0 Å². The third-order valence-electron chi connectivity index (χ3n) is 4.38. The van der Waals surface area contributed by atoms with Gasteiger partial charge in [-0.15, -0.1) is 0 Å². The Kier molecular flexibility index (Phi) is 6.31. The minimum absolute atomic E-state index is 0.380. The van der Waals surface area contributed by atoms with E-state index in [1.165, 1.54) is 44.9 Å². The van der Waals surface area contributed by atoms with Crippen LogP contribution in [0.1, 0.15) is 65.2 Å². The molecule has 0 radical (unpaired) electrons. The fraction of sp³-hybridized carbons (Fsp3) is 1.00. The fourth-order valence-electron chi connectivity index (χ4n) is 3.26. The molecule has 2 unspecified atom stereocenters. The Labute approximate surface area is 95.3 Å². The van der Waals surface area contributed by atoms with Crippen molar-refractivity contribution in [3.8, 4) is 0 Å². The molecule has 0 aromatic rings. The van der Waals surface area contributed by atoms with Crippen LogP contribution in [0.5, 0.6) is 0 Å². The highest BCUT2D eigenvalue weighted by atomic mass is 16.2. The Balaban J connectivity index is 2.37. The molecule has 1 nitrogen and oxygen atoms in total. The van der Waals surface area contributed by atoms with Gasteiger partial charge in [0.2, 0.25) is 0 Å². The van der Waals surface area contributed by atoms with Gasteiger partial charge in [-0.3, -0.25) is 0 Å². The number of hydrogen-bond donors (Lipinski definition) is 1. The van der Waals surface area contributed by atoms with Crippen molar-refractivity contribution in [2.75, 3.05) is 6.61 Å². The zero-order valence-corrected chi connectivity index (χ0v) is 10.5. The molecule has 0 bridgehead atoms. The van der Waals surface area contributed by atoms with Crippen molar-refractivity contribution in [3.63, 3.8) is 0 Å². The van der Waals surface area contributed by atoms with Gasteiger partial charge in [-0.25, -0.2) is 0 Å². The quantitative estimate of drug-likeness (QED) is 0.683. The number of rotatable bonds is 5. The van der Waals surface area contributed by atoms with Crippen LogP contribution in [-0.2, 0) is 0 Å². The first-order chi connectivity index (χ1) is 7.31. The maximum atomic E-state index is 8.86. The van der Waals surface area contributed by atoms with Gasteiger partial charge in [0.05, 0.1) is 0 Å². The summed E-state index contributed by atoms with van der Waals surface area (Å²) in [6.07, 6.45) is 10.7. The molecule has 3 atom stereocenters. The second kappa shape index (κ2) is 7.27. The second-order valence-corrected chi connectivity index (χ2v) is 5.22. The number of aliphatic hydroxyl groups is 1. The van der Waals surface area contributed by atoms with E-state index in [4.69, 9.17) is 5.11 Å². The Bertz CT molecular complexity index is 141. The topological polar surface area (TPSA) is 20.2 Å². The molecule has 0 aromatic carbocycles. The number of hydrogen-bond acceptors (Lipinski definition) is 1. The Morgan fingerprint density at radius 1 is 0.933 bits per heavy atom. The Morgan fingerprint density at radius 2 is 1.47 bits per heavy atom. The largest absolute Gasteiger partial charge is 0.396 e. The maximum Gasteiger partial charge on any atom is 0.0431 e. The fourth-order valence-corrected chi connectivity index (χ4v) is 3.26. The van der Waals surface area contributed by atoms with Gasteiger partial charge in [-0.05, 0) is 43.4 Å². The van der Waals surface area contributed by atoms with E-state index in [1.807, 2.05) is 0 Å². The summed E-state index contributed by atoms with van der Waals surface area (Å²) >= 11 is 0. The van der Waals surface area contributed by atoms with Crippen LogP contribution in [0, 0.1) is 17.8 Å². The minimum atomic E-state index is 0.380. The Morgan fingerprint density at radius 3 is 1.87 bits per heavy atom. The lowest BCUT2D eigenvalue weighted by Crippen LogP contribution is -2.11. The highest BCUT2D eigenvalue weighted by Crippen LogP contribution is 2.36. The van der Waals surface area contributed by atoms with Crippen LogP contribution in [-0.4, -0.2) is 11.7 Å². The van der Waals surface area contributed by atoms with Crippen LogP contribution in [0.3, 0.4) is 0 Å². The van der Waals surface area contributed by atoms with Crippen LogP contribution in [0.25, 0.3) is 0 Å². The molecule has 1 aliphatic rings. The average molecular weight is 212 g/mol. The zero-order chi connectivity index (χ0) is 11.1. The summed E-state index contributed by atoms with van der Waals surface area (Å²) in [7, 11) is 0. The van der Waals surface area contributed by atoms with Gasteiger partial charge in [0, 0.05) is 6.61 Å². The van der Waals surface area contributed by atoms with Crippen LogP contribution in [0.15, 0.2) is 0 Å². The van der Waals surface area contributed by atoms with Gasteiger partial charge >= 0.3 is 0 Å². The van der Waals surface area contributed by atoms with Gasteiger partial charge in [0.15, 0.2) is 0 Å². The van der Waals surface area contributed by atoms with Gasteiger partial charge < -0.3 is 5.11 Å². The average Bonchev–Trinajstić information content (AvgIpc) is 2.47. The summed E-state index contributed by atoms with van der Waals surface area (Å²) in [5.41, 5.74) is 0. The molecule has 15 heavy (non-hydrogen) atoms. The van der Waals surface area contributed by atoms with Crippen LogP contribution in [0.4, 0.5) is 0 Å². The van der Waals surface area contributed by atoms with E-state index in [1.54, 1.807) is 0 Å². The van der Waals surface area contributed by atoms with Gasteiger partial charge in [-0.2, -0.15) is 0 Å². The number of aliphatic hydroxyl groups excluding tert-OH is 1. The van der Waals surface area contributed by atoms with E-state index in [0.29, 0.717) is 6.61 Å². The summed E-state index contributed by atoms with van der Waals surface area (Å²) in [6.45, 7) is 5.08. The molecule has 1 heteroatoms. The first-order valence-electron chi connectivity index (χ1n) is 6.92. The zero-order valence-electron chi connectivity index (χ0n) is 10.5. The molecule has 1 rings (SSSR count). The van der Waals surface area contributed by atoms with Crippen molar-refractivity contribution in [2.24, 2.45) is 17.8 Å². The minimum Gasteiger partial charge on any atom is -0.396 e. The van der Waals surface area contributed by atoms with E-state index in [9.17, 15) is 0 Å². The summed E-state index contributed by atoms with van der Waals surface area (Å²) in [4.78, 5) is 0. The van der Waals surface area contributed by atoms with E-state index in [-0.39, 0.29) is 0 Å². The molecular formula is C14H28O. The first-order valence-corrected chi connectivity index (χ1v) is 6.92. The third-order valence-corrected chi connectivity index (χ3v) is 4.38. The third kappa shape index (κ3) is 4.14. The molecule has 1 fully saturated rings. The molecule has 0 aromatic heterocycles. The predicted molar refractivity (Wildman–Crippen MR) is 65.8 cm³/mol. The van der Waals surface area contributed by atoms with Crippen molar-refractivity contribution >= 4 is 0 Å². The summed E-state index contributed by atoms with van der Waals surface area (Å²) in [5, 5.41) is 8.86. The van der Waals surface area contributed by atoms with Gasteiger partial charge in [-0.1, -0.05) is 39.5 Å². The van der Waals surface area contributed by atoms with Crippen molar-refractivity contribution in [1.29, 1.82) is 0 Å². The molecular weight excluding hydrogens is 184 g/mol. The molecule has 90 valence electrons. The molecule has 0 amide bonds. The molecule has 0 aliphatic heterocycles. The SMILES string of the molecule is CCC1CCC(CCCO)CC[C@H]1CC. The predicted octanol–water partition coefficient (Wildman–Crippen LogP) is 4.00. The van der Waals surface area contributed by atoms with Crippen molar-refractivity contribution < 1.29 is 5.11 Å². The molecule has 1 N–H and O–H groups in total. The monoisotopic (exact) mass is 212 g/mol. The van der Waals surface area contributed by atoms with Crippen LogP contribution in [0.2, 0.25) is 0 Å². The summed E-state index contributed by atoms with van der Waals surface area (Å²) in [5.74, 6) is 2.87. The van der Waals surface area contributed by atoms with Gasteiger partial charge in [0.25, 0.3) is 0 Å². The first kappa shape index (κ1) is 13.0. The normalized spacial score (nSPS) is 32.6. The lowest BCUT2D eigenvalue weighted by atomic mass is 9.84. The second-order valence-electron chi connectivity index (χ2n) is 5.22. The highest BCUT2D eigenvalue weighted by molar-refractivity contribution is 4.76. The molecule has 1 saturated carbocycles.